The molecule has 0 fully saturated rings. The molecule has 0 bridgehead atoms. The van der Waals surface area contributed by atoms with Gasteiger partial charge in [-0.05, 0) is 13.0 Å². The first-order chi connectivity index (χ1) is 11.1. The number of carbonyl (C=O) groups is 3. The highest BCUT2D eigenvalue weighted by atomic mass is 35.5. The molecule has 0 aliphatic heterocycles. The molecule has 0 saturated carbocycles. The van der Waals surface area contributed by atoms with Gasteiger partial charge in [-0.25, -0.2) is 4.79 Å². The molecule has 0 spiro atoms. The summed E-state index contributed by atoms with van der Waals surface area (Å²) in [5.74, 6) is -2.31. The number of rotatable bonds is 7. The number of nitro benzene ring substituents is 1. The lowest BCUT2D eigenvalue weighted by molar-refractivity contribution is -0.384. The summed E-state index contributed by atoms with van der Waals surface area (Å²) in [7, 11) is 0. The quantitative estimate of drug-likeness (QED) is 0.558. The van der Waals surface area contributed by atoms with E-state index in [1.165, 1.54) is 19.9 Å². The van der Waals surface area contributed by atoms with Gasteiger partial charge >= 0.3 is 5.97 Å². The molecule has 1 rings (SSSR count). The summed E-state index contributed by atoms with van der Waals surface area (Å²) in [6.07, 6.45) is 0. The lowest BCUT2D eigenvalue weighted by atomic mass is 10.1. The second-order valence-corrected chi connectivity index (χ2v) is 5.39. The first-order valence-corrected chi connectivity index (χ1v) is 7.24. The highest BCUT2D eigenvalue weighted by Gasteiger charge is 2.27. The predicted molar refractivity (Wildman–Crippen MR) is 84.9 cm³/mol. The summed E-state index contributed by atoms with van der Waals surface area (Å²) in [5, 5.41) is 22.4. The number of hydrogen-bond acceptors (Lipinski definition) is 5. The van der Waals surface area contributed by atoms with Crippen molar-refractivity contribution in [2.24, 2.45) is 0 Å². The van der Waals surface area contributed by atoms with Crippen molar-refractivity contribution in [2.75, 3.05) is 13.1 Å². The smallest absolute Gasteiger partial charge is 0.326 e. The lowest BCUT2D eigenvalue weighted by Gasteiger charge is -2.26. The summed E-state index contributed by atoms with van der Waals surface area (Å²) in [5.41, 5.74) is -0.485. The molecule has 9 nitrogen and oxygen atoms in total. The molecule has 1 atom stereocenters. The van der Waals surface area contributed by atoms with Crippen molar-refractivity contribution in [2.45, 2.75) is 19.9 Å². The van der Waals surface area contributed by atoms with Gasteiger partial charge in [-0.15, -0.1) is 0 Å². The zero-order valence-corrected chi connectivity index (χ0v) is 13.7. The average molecular weight is 358 g/mol. The number of aliphatic carboxylic acids is 1. The third-order valence-corrected chi connectivity index (χ3v) is 3.37. The molecule has 130 valence electrons. The zero-order valence-electron chi connectivity index (χ0n) is 13.0. The molecule has 1 aromatic rings. The fraction of sp³-hybridized carbons (Fsp3) is 0.357. The van der Waals surface area contributed by atoms with Crippen LogP contribution in [0.3, 0.4) is 0 Å². The van der Waals surface area contributed by atoms with Crippen LogP contribution >= 0.6 is 11.6 Å². The standard InChI is InChI=1S/C14H16ClN3O6/c1-8(14(21)22)17(4-3-16-9(2)19)13(20)10-5-11(15)7-12(6-10)18(23)24/h5-8H,3-4H2,1-2H3,(H,16,19)(H,21,22). The number of nitro groups is 1. The first kappa shape index (κ1) is 19.4. The summed E-state index contributed by atoms with van der Waals surface area (Å²) in [4.78, 5) is 45.8. The van der Waals surface area contributed by atoms with Crippen LogP contribution in [0.1, 0.15) is 24.2 Å². The number of non-ortho nitro benzene ring substituents is 1. The van der Waals surface area contributed by atoms with Gasteiger partial charge in [0.05, 0.1) is 4.92 Å². The summed E-state index contributed by atoms with van der Waals surface area (Å²) in [6, 6.07) is 2.13. The number of carboxylic acid groups (broad SMARTS) is 1. The van der Waals surface area contributed by atoms with Crippen LogP contribution in [0.4, 0.5) is 5.69 Å². The number of nitrogens with one attached hydrogen (secondary N) is 1. The maximum Gasteiger partial charge on any atom is 0.326 e. The molecule has 24 heavy (non-hydrogen) atoms. The Morgan fingerprint density at radius 2 is 2.00 bits per heavy atom. The van der Waals surface area contributed by atoms with E-state index in [1.54, 1.807) is 0 Å². The van der Waals surface area contributed by atoms with E-state index in [1.807, 2.05) is 0 Å². The number of amides is 2. The molecular formula is C14H16ClN3O6. The van der Waals surface area contributed by atoms with Crippen LogP contribution in [0.5, 0.6) is 0 Å². The van der Waals surface area contributed by atoms with Gasteiger partial charge in [0.1, 0.15) is 6.04 Å². The molecule has 0 aliphatic rings. The maximum atomic E-state index is 12.6. The molecular weight excluding hydrogens is 342 g/mol. The van der Waals surface area contributed by atoms with Crippen LogP contribution in [0, 0.1) is 10.1 Å². The largest absolute Gasteiger partial charge is 0.480 e. The maximum absolute atomic E-state index is 12.6. The Bertz CT molecular complexity index is 678. The number of halogens is 1. The minimum atomic E-state index is -1.25. The van der Waals surface area contributed by atoms with Crippen molar-refractivity contribution >= 4 is 35.1 Å². The SMILES string of the molecule is CC(=O)NCCN(C(=O)c1cc(Cl)cc([N+](=O)[O-])c1)C(C)C(=O)O. The predicted octanol–water partition coefficient (Wildman–Crippen LogP) is 1.30. The molecule has 0 saturated heterocycles. The van der Waals surface area contributed by atoms with Crippen LogP contribution in [0.2, 0.25) is 5.02 Å². The number of benzene rings is 1. The fourth-order valence-electron chi connectivity index (χ4n) is 1.93. The number of carboxylic acids is 1. The van der Waals surface area contributed by atoms with Crippen molar-refractivity contribution in [1.82, 2.24) is 10.2 Å². The van der Waals surface area contributed by atoms with Gasteiger partial charge in [-0.2, -0.15) is 0 Å². The van der Waals surface area contributed by atoms with Gasteiger partial charge in [0.25, 0.3) is 11.6 Å². The highest BCUT2D eigenvalue weighted by molar-refractivity contribution is 6.31. The van der Waals surface area contributed by atoms with Gasteiger partial charge in [0, 0.05) is 42.7 Å². The Labute approximate surface area is 142 Å². The lowest BCUT2D eigenvalue weighted by Crippen LogP contribution is -2.46. The Kier molecular flexibility index (Phi) is 6.66. The van der Waals surface area contributed by atoms with E-state index < -0.39 is 22.8 Å². The first-order valence-electron chi connectivity index (χ1n) is 6.86. The summed E-state index contributed by atoms with van der Waals surface area (Å²) < 4.78 is 0. The molecule has 1 unspecified atom stereocenters. The monoisotopic (exact) mass is 357 g/mol. The summed E-state index contributed by atoms with van der Waals surface area (Å²) >= 11 is 5.78. The van der Waals surface area contributed by atoms with Crippen molar-refractivity contribution in [3.8, 4) is 0 Å². The Hall–Kier alpha value is -2.68. The van der Waals surface area contributed by atoms with Gasteiger partial charge in [-0.1, -0.05) is 11.6 Å². The third-order valence-electron chi connectivity index (χ3n) is 3.15. The van der Waals surface area contributed by atoms with Gasteiger partial charge < -0.3 is 15.3 Å². The second-order valence-electron chi connectivity index (χ2n) is 4.95. The van der Waals surface area contributed by atoms with Crippen molar-refractivity contribution in [3.05, 3.63) is 38.9 Å². The number of hydrogen-bond donors (Lipinski definition) is 2. The van der Waals surface area contributed by atoms with E-state index >= 15 is 0 Å². The minimum absolute atomic E-state index is 0.0164. The molecule has 2 amide bonds. The van der Waals surface area contributed by atoms with Crippen LogP contribution in [0.15, 0.2) is 18.2 Å². The molecule has 0 aromatic heterocycles. The van der Waals surface area contributed by atoms with E-state index in [9.17, 15) is 24.5 Å². The van der Waals surface area contributed by atoms with Crippen LogP contribution in [-0.4, -0.2) is 51.8 Å². The van der Waals surface area contributed by atoms with Crippen molar-refractivity contribution in [3.63, 3.8) is 0 Å². The second kappa shape index (κ2) is 8.25. The van der Waals surface area contributed by atoms with Crippen LogP contribution < -0.4 is 5.32 Å². The summed E-state index contributed by atoms with van der Waals surface area (Å²) in [6.45, 7) is 2.55. The van der Waals surface area contributed by atoms with Crippen LogP contribution in [0.25, 0.3) is 0 Å². The van der Waals surface area contributed by atoms with Crippen molar-refractivity contribution < 1.29 is 24.4 Å². The van der Waals surface area contributed by atoms with Crippen LogP contribution in [-0.2, 0) is 9.59 Å². The highest BCUT2D eigenvalue weighted by Crippen LogP contribution is 2.22. The van der Waals surface area contributed by atoms with E-state index in [-0.39, 0.29) is 35.3 Å². The zero-order chi connectivity index (χ0) is 18.4. The average Bonchev–Trinajstić information content (AvgIpc) is 2.49. The molecule has 1 aromatic carbocycles. The molecule has 0 radical (unpaired) electrons. The molecule has 0 heterocycles. The molecule has 2 N–H and O–H groups in total. The Morgan fingerprint density at radius 1 is 1.38 bits per heavy atom. The van der Waals surface area contributed by atoms with E-state index in [2.05, 4.69) is 5.32 Å². The molecule has 10 heteroatoms. The van der Waals surface area contributed by atoms with Gasteiger partial charge in [0.15, 0.2) is 0 Å². The molecule has 0 aliphatic carbocycles. The minimum Gasteiger partial charge on any atom is -0.480 e. The van der Waals surface area contributed by atoms with Crippen molar-refractivity contribution in [1.29, 1.82) is 0 Å². The fourth-order valence-corrected chi connectivity index (χ4v) is 2.15. The van der Waals surface area contributed by atoms with E-state index in [4.69, 9.17) is 16.7 Å². The Morgan fingerprint density at radius 3 is 2.50 bits per heavy atom. The normalized spacial score (nSPS) is 11.5. The number of carbonyl (C=O) groups excluding carboxylic acids is 2. The van der Waals surface area contributed by atoms with E-state index in [0.717, 1.165) is 17.0 Å². The Balaban J connectivity index is 3.12. The third kappa shape index (κ3) is 5.20. The van der Waals surface area contributed by atoms with E-state index in [0.29, 0.717) is 0 Å². The number of nitrogens with zero attached hydrogens (tertiary/aromatic N) is 2. The topological polar surface area (TPSA) is 130 Å². The van der Waals surface area contributed by atoms with Gasteiger partial charge in [0.2, 0.25) is 5.91 Å². The van der Waals surface area contributed by atoms with Gasteiger partial charge in [-0.3, -0.25) is 19.7 Å².